The van der Waals surface area contributed by atoms with Crippen molar-refractivity contribution in [1.82, 2.24) is 5.32 Å². The van der Waals surface area contributed by atoms with Gasteiger partial charge in [-0.15, -0.1) is 24.0 Å². The van der Waals surface area contributed by atoms with E-state index in [0.717, 1.165) is 65.3 Å². The lowest BCUT2D eigenvalue weighted by Gasteiger charge is -2.22. The highest BCUT2D eigenvalue weighted by Gasteiger charge is 2.13. The molecule has 0 radical (unpaired) electrons. The standard InChI is InChI=1S/C14H29N3O3.HI/c1-2-18-9-3-7-16-14(15)17-8-4-10-20-13-5-11-19-12-6-13;/h13H,2-12H2,1H3,(H3,15,16,17);1H. The molecule has 1 fully saturated rings. The number of halogens is 1. The van der Waals surface area contributed by atoms with Crippen LogP contribution < -0.4 is 11.1 Å². The van der Waals surface area contributed by atoms with Crippen LogP contribution in [0, 0.1) is 0 Å². The summed E-state index contributed by atoms with van der Waals surface area (Å²) in [5, 5.41) is 3.09. The molecule has 0 aliphatic carbocycles. The number of rotatable bonds is 10. The van der Waals surface area contributed by atoms with E-state index < -0.39 is 0 Å². The Morgan fingerprint density at radius 3 is 2.76 bits per heavy atom. The average Bonchev–Trinajstić information content (AvgIpc) is 2.48. The molecule has 1 rings (SSSR count). The zero-order valence-electron chi connectivity index (χ0n) is 13.0. The minimum absolute atomic E-state index is 0. The Bertz CT molecular complexity index is 262. The summed E-state index contributed by atoms with van der Waals surface area (Å²) in [6.07, 6.45) is 4.23. The number of hydrogen-bond donors (Lipinski definition) is 2. The Morgan fingerprint density at radius 2 is 2.05 bits per heavy atom. The molecule has 0 bridgehead atoms. The smallest absolute Gasteiger partial charge is 0.188 e. The van der Waals surface area contributed by atoms with Gasteiger partial charge in [0.15, 0.2) is 5.96 Å². The summed E-state index contributed by atoms with van der Waals surface area (Å²) in [4.78, 5) is 4.23. The first-order valence-electron chi connectivity index (χ1n) is 7.63. The van der Waals surface area contributed by atoms with Crippen molar-refractivity contribution in [3.05, 3.63) is 0 Å². The summed E-state index contributed by atoms with van der Waals surface area (Å²) in [7, 11) is 0. The summed E-state index contributed by atoms with van der Waals surface area (Å²) in [6, 6.07) is 0. The Morgan fingerprint density at radius 1 is 1.29 bits per heavy atom. The summed E-state index contributed by atoms with van der Waals surface area (Å²) in [5.74, 6) is 0.507. The number of nitrogens with zero attached hydrogens (tertiary/aromatic N) is 1. The molecule has 3 N–H and O–H groups in total. The molecule has 0 aromatic rings. The molecule has 0 spiro atoms. The van der Waals surface area contributed by atoms with Gasteiger partial charge in [0.05, 0.1) is 6.10 Å². The van der Waals surface area contributed by atoms with Crippen LogP contribution in [-0.4, -0.2) is 58.2 Å². The van der Waals surface area contributed by atoms with E-state index in [1.165, 1.54) is 0 Å². The first kappa shape index (κ1) is 20.9. The third-order valence-corrected chi connectivity index (χ3v) is 3.08. The molecule has 0 unspecified atom stereocenters. The van der Waals surface area contributed by atoms with Gasteiger partial charge in [0, 0.05) is 46.1 Å². The summed E-state index contributed by atoms with van der Waals surface area (Å²) in [6.45, 7) is 7.39. The van der Waals surface area contributed by atoms with Crippen molar-refractivity contribution in [3.63, 3.8) is 0 Å². The number of nitrogens with one attached hydrogen (secondary N) is 1. The van der Waals surface area contributed by atoms with Crippen LogP contribution in [0.4, 0.5) is 0 Å². The molecule has 1 aliphatic rings. The summed E-state index contributed by atoms with van der Waals surface area (Å²) in [5.41, 5.74) is 5.75. The molecule has 1 aliphatic heterocycles. The van der Waals surface area contributed by atoms with Crippen molar-refractivity contribution in [2.24, 2.45) is 10.7 Å². The molecule has 0 aromatic carbocycles. The zero-order valence-corrected chi connectivity index (χ0v) is 15.3. The number of aliphatic imine (C=N–C) groups is 1. The molecule has 1 heterocycles. The van der Waals surface area contributed by atoms with E-state index in [0.29, 0.717) is 18.6 Å². The van der Waals surface area contributed by atoms with E-state index in [1.54, 1.807) is 0 Å². The van der Waals surface area contributed by atoms with Crippen LogP contribution in [0.2, 0.25) is 0 Å². The van der Waals surface area contributed by atoms with Crippen LogP contribution in [0.1, 0.15) is 32.6 Å². The Hall–Kier alpha value is -0.120. The van der Waals surface area contributed by atoms with Gasteiger partial charge in [-0.1, -0.05) is 0 Å². The van der Waals surface area contributed by atoms with Crippen LogP contribution in [0.3, 0.4) is 0 Å². The van der Waals surface area contributed by atoms with Gasteiger partial charge in [-0.2, -0.15) is 0 Å². The first-order chi connectivity index (χ1) is 9.83. The van der Waals surface area contributed by atoms with E-state index in [-0.39, 0.29) is 24.0 Å². The molecule has 126 valence electrons. The average molecular weight is 415 g/mol. The van der Waals surface area contributed by atoms with Crippen LogP contribution in [0.15, 0.2) is 4.99 Å². The van der Waals surface area contributed by atoms with Gasteiger partial charge in [0.1, 0.15) is 0 Å². The maximum Gasteiger partial charge on any atom is 0.188 e. The van der Waals surface area contributed by atoms with Crippen molar-refractivity contribution in [3.8, 4) is 0 Å². The molecular weight excluding hydrogens is 385 g/mol. The van der Waals surface area contributed by atoms with E-state index in [1.807, 2.05) is 6.92 Å². The maximum absolute atomic E-state index is 5.77. The number of ether oxygens (including phenoxy) is 3. The normalized spacial score (nSPS) is 16.5. The van der Waals surface area contributed by atoms with Gasteiger partial charge in [0.25, 0.3) is 0 Å². The van der Waals surface area contributed by atoms with Gasteiger partial charge in [0.2, 0.25) is 0 Å². The number of hydrogen-bond acceptors (Lipinski definition) is 4. The molecule has 6 nitrogen and oxygen atoms in total. The number of guanidine groups is 1. The highest BCUT2D eigenvalue weighted by molar-refractivity contribution is 14.0. The van der Waals surface area contributed by atoms with Crippen LogP contribution >= 0.6 is 24.0 Å². The van der Waals surface area contributed by atoms with Gasteiger partial charge in [-0.05, 0) is 32.6 Å². The predicted molar refractivity (Wildman–Crippen MR) is 95.4 cm³/mol. The molecule has 0 saturated carbocycles. The Labute approximate surface area is 145 Å². The molecule has 7 heteroatoms. The summed E-state index contributed by atoms with van der Waals surface area (Å²) < 4.78 is 16.3. The monoisotopic (exact) mass is 415 g/mol. The summed E-state index contributed by atoms with van der Waals surface area (Å²) >= 11 is 0. The molecule has 0 atom stereocenters. The molecule has 21 heavy (non-hydrogen) atoms. The van der Waals surface area contributed by atoms with Crippen molar-refractivity contribution in [2.45, 2.75) is 38.7 Å². The third kappa shape index (κ3) is 12.1. The molecule has 0 aromatic heterocycles. The van der Waals surface area contributed by atoms with E-state index in [9.17, 15) is 0 Å². The second-order valence-electron chi connectivity index (χ2n) is 4.78. The SMILES string of the molecule is CCOCCCN=C(N)NCCCOC1CCOCC1.I. The van der Waals surface area contributed by atoms with E-state index >= 15 is 0 Å². The largest absolute Gasteiger partial charge is 0.382 e. The first-order valence-corrected chi connectivity index (χ1v) is 7.63. The van der Waals surface area contributed by atoms with Gasteiger partial charge in [-0.25, -0.2) is 0 Å². The molecule has 1 saturated heterocycles. The highest BCUT2D eigenvalue weighted by Crippen LogP contribution is 2.10. The quantitative estimate of drug-likeness (QED) is 0.245. The lowest BCUT2D eigenvalue weighted by atomic mass is 10.1. The third-order valence-electron chi connectivity index (χ3n) is 3.08. The van der Waals surface area contributed by atoms with Crippen LogP contribution in [-0.2, 0) is 14.2 Å². The fourth-order valence-corrected chi connectivity index (χ4v) is 1.95. The van der Waals surface area contributed by atoms with Crippen molar-refractivity contribution in [2.75, 3.05) is 46.1 Å². The van der Waals surface area contributed by atoms with Crippen molar-refractivity contribution in [1.29, 1.82) is 0 Å². The topological polar surface area (TPSA) is 78.1 Å². The van der Waals surface area contributed by atoms with Gasteiger partial charge in [-0.3, -0.25) is 4.99 Å². The van der Waals surface area contributed by atoms with E-state index in [2.05, 4.69) is 10.3 Å². The van der Waals surface area contributed by atoms with Crippen molar-refractivity contribution < 1.29 is 14.2 Å². The maximum atomic E-state index is 5.77. The second-order valence-corrected chi connectivity index (χ2v) is 4.78. The van der Waals surface area contributed by atoms with Gasteiger partial charge >= 0.3 is 0 Å². The highest BCUT2D eigenvalue weighted by atomic mass is 127. The van der Waals surface area contributed by atoms with Gasteiger partial charge < -0.3 is 25.3 Å². The fraction of sp³-hybridized carbons (Fsp3) is 0.929. The minimum atomic E-state index is 0. The Kier molecular flexibility index (Phi) is 14.7. The van der Waals surface area contributed by atoms with E-state index in [4.69, 9.17) is 19.9 Å². The Balaban J connectivity index is 0.00000400. The van der Waals surface area contributed by atoms with Crippen LogP contribution in [0.5, 0.6) is 0 Å². The fourth-order valence-electron chi connectivity index (χ4n) is 1.95. The number of nitrogens with two attached hydrogens (primary N) is 1. The lowest BCUT2D eigenvalue weighted by Crippen LogP contribution is -2.33. The van der Waals surface area contributed by atoms with Crippen LogP contribution in [0.25, 0.3) is 0 Å². The molecular formula is C14H30IN3O3. The molecule has 0 amide bonds. The minimum Gasteiger partial charge on any atom is -0.382 e. The second kappa shape index (κ2) is 14.8. The van der Waals surface area contributed by atoms with Crippen molar-refractivity contribution >= 4 is 29.9 Å². The lowest BCUT2D eigenvalue weighted by molar-refractivity contribution is -0.0320. The predicted octanol–water partition coefficient (Wildman–Crippen LogP) is 1.52. The zero-order chi connectivity index (χ0) is 14.5.